The minimum absolute atomic E-state index is 0.139. The molecule has 2 bridgehead atoms. The van der Waals surface area contributed by atoms with Gasteiger partial charge in [0.25, 0.3) is 0 Å². The van der Waals surface area contributed by atoms with E-state index < -0.39 is 57.0 Å². The highest BCUT2D eigenvalue weighted by Crippen LogP contribution is 2.62. The van der Waals surface area contributed by atoms with Gasteiger partial charge in [0, 0.05) is 11.5 Å². The van der Waals surface area contributed by atoms with Crippen LogP contribution in [0.25, 0.3) is 0 Å². The predicted molar refractivity (Wildman–Crippen MR) is 89.4 cm³/mol. The summed E-state index contributed by atoms with van der Waals surface area (Å²) in [5.41, 5.74) is 0.944. The van der Waals surface area contributed by atoms with E-state index >= 15 is 0 Å². The molecule has 6 atom stereocenters. The molecule has 0 aromatic heterocycles. The van der Waals surface area contributed by atoms with Gasteiger partial charge in [0.15, 0.2) is 5.79 Å². The number of hydrogen-bond acceptors (Lipinski definition) is 5. The van der Waals surface area contributed by atoms with E-state index in [9.17, 15) is 26.0 Å². The van der Waals surface area contributed by atoms with E-state index in [1.165, 1.54) is 0 Å². The second-order valence-electron chi connectivity index (χ2n) is 7.92. The van der Waals surface area contributed by atoms with Gasteiger partial charge in [0.05, 0.1) is 23.8 Å². The summed E-state index contributed by atoms with van der Waals surface area (Å²) in [6.07, 6.45) is -1.73. The molecule has 1 N–H and O–H groups in total. The molecule has 6 nitrogen and oxygen atoms in total. The van der Waals surface area contributed by atoms with Crippen molar-refractivity contribution >= 4 is 10.1 Å². The number of benzene rings is 1. The van der Waals surface area contributed by atoms with Gasteiger partial charge in [-0.2, -0.15) is 31.2 Å². The molecule has 2 saturated carbocycles. The summed E-state index contributed by atoms with van der Waals surface area (Å²) < 4.78 is 98.9. The monoisotopic (exact) mass is 435 g/mol. The Morgan fingerprint density at radius 2 is 1.72 bits per heavy atom. The summed E-state index contributed by atoms with van der Waals surface area (Å²) in [6.45, 7) is 1.58. The van der Waals surface area contributed by atoms with Gasteiger partial charge in [0.2, 0.25) is 0 Å². The fourth-order valence-electron chi connectivity index (χ4n) is 4.91. The van der Waals surface area contributed by atoms with Gasteiger partial charge in [-0.25, -0.2) is 0 Å². The predicted octanol–water partition coefficient (Wildman–Crippen LogP) is 3.29. The molecule has 2 aliphatic carbocycles. The average molecular weight is 435 g/mol. The van der Waals surface area contributed by atoms with Crippen LogP contribution in [0.4, 0.5) is 17.6 Å². The molecular formula is C18H17F4NO5S. The highest BCUT2D eigenvalue weighted by Gasteiger charge is 2.75. The first-order valence-corrected chi connectivity index (χ1v) is 10.3. The molecule has 1 aromatic rings. The standard InChI is InChI=1S/C18H17F4NO5S/c1-16(11-4-2-9(8-23)3-5-11)27-14-10-6-12(15(14)28-16)13(7-10)17(19,20)18(21,22)29(24,25)26/h2-5,10,12-15H,6-7H2,1H3,(H,24,25,26). The molecule has 158 valence electrons. The number of rotatable bonds is 4. The van der Waals surface area contributed by atoms with Gasteiger partial charge in [-0.3, -0.25) is 4.55 Å². The van der Waals surface area contributed by atoms with Crippen LogP contribution < -0.4 is 0 Å². The van der Waals surface area contributed by atoms with Gasteiger partial charge in [-0.05, 0) is 43.7 Å². The maximum atomic E-state index is 14.5. The van der Waals surface area contributed by atoms with Crippen LogP contribution in [-0.4, -0.2) is 36.4 Å². The molecule has 1 saturated heterocycles. The minimum Gasteiger partial charge on any atom is -0.340 e. The van der Waals surface area contributed by atoms with Crippen LogP contribution in [0.15, 0.2) is 24.3 Å². The molecule has 0 amide bonds. The van der Waals surface area contributed by atoms with E-state index in [4.69, 9.17) is 19.3 Å². The van der Waals surface area contributed by atoms with E-state index in [1.54, 1.807) is 31.2 Å². The third kappa shape index (κ3) is 2.80. The highest BCUT2D eigenvalue weighted by atomic mass is 32.2. The number of alkyl halides is 4. The zero-order valence-electron chi connectivity index (χ0n) is 15.1. The average Bonchev–Trinajstić information content (AvgIpc) is 3.30. The van der Waals surface area contributed by atoms with Gasteiger partial charge in [-0.15, -0.1) is 0 Å². The van der Waals surface area contributed by atoms with E-state index in [1.807, 2.05) is 6.07 Å². The van der Waals surface area contributed by atoms with Crippen LogP contribution in [0, 0.1) is 29.1 Å². The van der Waals surface area contributed by atoms with Crippen molar-refractivity contribution in [1.29, 1.82) is 5.26 Å². The Hall–Kier alpha value is -1.74. The van der Waals surface area contributed by atoms with E-state index in [-0.39, 0.29) is 12.8 Å². The topological polar surface area (TPSA) is 96.6 Å². The van der Waals surface area contributed by atoms with Crippen LogP contribution in [0.2, 0.25) is 0 Å². The lowest BCUT2D eigenvalue weighted by Crippen LogP contribution is -2.55. The van der Waals surface area contributed by atoms with E-state index in [0.29, 0.717) is 11.1 Å². The van der Waals surface area contributed by atoms with Crippen molar-refractivity contribution in [3.05, 3.63) is 35.4 Å². The third-order valence-corrected chi connectivity index (χ3v) is 7.22. The Balaban J connectivity index is 1.60. The first kappa shape index (κ1) is 20.5. The van der Waals surface area contributed by atoms with Crippen molar-refractivity contribution in [3.8, 4) is 6.07 Å². The van der Waals surface area contributed by atoms with Crippen molar-refractivity contribution in [2.24, 2.45) is 17.8 Å². The zero-order valence-corrected chi connectivity index (χ0v) is 15.9. The molecule has 6 unspecified atom stereocenters. The van der Waals surface area contributed by atoms with Crippen molar-refractivity contribution in [2.45, 2.75) is 48.9 Å². The van der Waals surface area contributed by atoms with Crippen LogP contribution in [0.5, 0.6) is 0 Å². The number of hydrogen-bond donors (Lipinski definition) is 1. The molecule has 1 aromatic carbocycles. The maximum Gasteiger partial charge on any atom is 0.431 e. The number of halogens is 4. The van der Waals surface area contributed by atoms with Crippen molar-refractivity contribution in [1.82, 2.24) is 0 Å². The zero-order chi connectivity index (χ0) is 21.4. The largest absolute Gasteiger partial charge is 0.431 e. The summed E-state index contributed by atoms with van der Waals surface area (Å²) in [5.74, 6) is -9.79. The lowest BCUT2D eigenvalue weighted by atomic mass is 9.81. The normalized spacial score (nSPS) is 36.8. The molecule has 0 radical (unpaired) electrons. The van der Waals surface area contributed by atoms with Gasteiger partial charge in [0.1, 0.15) is 0 Å². The lowest BCUT2D eigenvalue weighted by molar-refractivity contribution is -0.214. The Morgan fingerprint density at radius 1 is 1.14 bits per heavy atom. The molecule has 1 heterocycles. The fraction of sp³-hybridized carbons (Fsp3) is 0.611. The molecule has 3 aliphatic rings. The first-order chi connectivity index (χ1) is 13.3. The van der Waals surface area contributed by atoms with Gasteiger partial charge < -0.3 is 9.47 Å². The number of ether oxygens (including phenoxy) is 2. The maximum absolute atomic E-state index is 14.5. The molecule has 29 heavy (non-hydrogen) atoms. The second-order valence-corrected chi connectivity index (χ2v) is 9.38. The Morgan fingerprint density at radius 3 is 2.28 bits per heavy atom. The Kier molecular flexibility index (Phi) is 4.34. The Labute approximate surface area is 164 Å². The van der Waals surface area contributed by atoms with Crippen molar-refractivity contribution in [2.75, 3.05) is 0 Å². The summed E-state index contributed by atoms with van der Waals surface area (Å²) in [4.78, 5) is 0. The number of fused-ring (bicyclic) bond motifs is 5. The molecule has 11 heteroatoms. The molecule has 0 spiro atoms. The summed E-state index contributed by atoms with van der Waals surface area (Å²) >= 11 is 0. The number of nitriles is 1. The summed E-state index contributed by atoms with van der Waals surface area (Å²) in [7, 11) is -6.29. The van der Waals surface area contributed by atoms with Crippen LogP contribution in [0.1, 0.15) is 30.9 Å². The quantitative estimate of drug-likeness (QED) is 0.576. The minimum atomic E-state index is -6.29. The second kappa shape index (κ2) is 6.14. The molecule has 1 aliphatic heterocycles. The SMILES string of the molecule is CC1(c2ccc(C#N)cc2)OC2C3CC(C2O1)C(C(F)(F)C(F)(F)S(=O)(=O)O)C3. The third-order valence-electron chi connectivity index (χ3n) is 6.30. The fourth-order valence-corrected chi connectivity index (χ4v) is 5.40. The Bertz CT molecular complexity index is 977. The van der Waals surface area contributed by atoms with E-state index in [0.717, 1.165) is 0 Å². The summed E-state index contributed by atoms with van der Waals surface area (Å²) in [6, 6.07) is 8.24. The highest BCUT2D eigenvalue weighted by molar-refractivity contribution is 7.87. The smallest absolute Gasteiger partial charge is 0.340 e. The van der Waals surface area contributed by atoms with Gasteiger partial charge in [-0.1, -0.05) is 12.1 Å². The van der Waals surface area contributed by atoms with Crippen molar-refractivity contribution in [3.63, 3.8) is 0 Å². The molecule has 3 fully saturated rings. The summed E-state index contributed by atoms with van der Waals surface area (Å²) in [5, 5.41) is 3.29. The molecular weight excluding hydrogens is 418 g/mol. The van der Waals surface area contributed by atoms with Crippen LogP contribution in [0.3, 0.4) is 0 Å². The van der Waals surface area contributed by atoms with Gasteiger partial charge >= 0.3 is 21.3 Å². The lowest BCUT2D eigenvalue weighted by Gasteiger charge is -2.36. The van der Waals surface area contributed by atoms with Crippen LogP contribution in [-0.2, 0) is 25.4 Å². The van der Waals surface area contributed by atoms with Crippen LogP contribution >= 0.6 is 0 Å². The van der Waals surface area contributed by atoms with Crippen molar-refractivity contribution < 1.29 is 40.0 Å². The molecule has 4 rings (SSSR count). The number of nitrogens with zero attached hydrogens (tertiary/aromatic N) is 1. The van der Waals surface area contributed by atoms with E-state index in [2.05, 4.69) is 0 Å². The first-order valence-electron chi connectivity index (χ1n) is 8.91.